The van der Waals surface area contributed by atoms with Crippen molar-refractivity contribution in [2.24, 2.45) is 0 Å². The van der Waals surface area contributed by atoms with E-state index in [4.69, 9.17) is 0 Å². The molecule has 0 radical (unpaired) electrons. The van der Waals surface area contributed by atoms with Gasteiger partial charge in [-0.1, -0.05) is 26.0 Å². The number of aromatic nitrogens is 2. The van der Waals surface area contributed by atoms with Crippen molar-refractivity contribution in [2.45, 2.75) is 31.6 Å². The zero-order valence-electron chi connectivity index (χ0n) is 16.4. The molecule has 0 aliphatic rings. The second kappa shape index (κ2) is 8.62. The second-order valence-electron chi connectivity index (χ2n) is 6.62. The number of aromatic amines is 2. The average molecular weight is 417 g/mol. The van der Waals surface area contributed by atoms with Gasteiger partial charge in [-0.2, -0.15) is 4.31 Å². The highest BCUT2D eigenvalue weighted by Crippen LogP contribution is 2.18. The number of hydrogen-bond acceptors (Lipinski definition) is 4. The number of benzene rings is 2. The Balaban J connectivity index is 1.60. The SMILES string of the molecule is CCN(CC)S(=O)(=O)c1ccc(CCC(=O)Nc2ccc3[nH]c(=O)[nH]c3c2)cc1. The van der Waals surface area contributed by atoms with Crippen LogP contribution in [0.2, 0.25) is 0 Å². The molecule has 1 amide bonds. The molecule has 0 atom stereocenters. The third kappa shape index (κ3) is 4.75. The number of nitrogens with zero attached hydrogens (tertiary/aromatic N) is 1. The zero-order valence-corrected chi connectivity index (χ0v) is 17.2. The van der Waals surface area contributed by atoms with Gasteiger partial charge in [0.1, 0.15) is 0 Å². The average Bonchev–Trinajstić information content (AvgIpc) is 3.06. The monoisotopic (exact) mass is 416 g/mol. The molecule has 0 saturated carbocycles. The number of rotatable bonds is 8. The molecular weight excluding hydrogens is 392 g/mol. The number of hydrogen-bond donors (Lipinski definition) is 3. The van der Waals surface area contributed by atoms with Crippen LogP contribution < -0.4 is 11.0 Å². The number of nitrogens with one attached hydrogen (secondary N) is 3. The predicted octanol–water partition coefficient (Wildman–Crippen LogP) is 2.46. The lowest BCUT2D eigenvalue weighted by Crippen LogP contribution is -2.30. The maximum Gasteiger partial charge on any atom is 0.323 e. The van der Waals surface area contributed by atoms with Crippen LogP contribution in [0.3, 0.4) is 0 Å². The van der Waals surface area contributed by atoms with Gasteiger partial charge in [0, 0.05) is 25.2 Å². The van der Waals surface area contributed by atoms with E-state index >= 15 is 0 Å². The topological polar surface area (TPSA) is 115 Å². The van der Waals surface area contributed by atoms with Crippen molar-refractivity contribution in [3.8, 4) is 0 Å². The Labute approximate surface area is 169 Å². The Morgan fingerprint density at radius 2 is 1.66 bits per heavy atom. The number of carbonyl (C=O) groups is 1. The first-order valence-corrected chi connectivity index (χ1v) is 10.9. The van der Waals surface area contributed by atoms with Crippen molar-refractivity contribution in [1.29, 1.82) is 0 Å². The molecule has 2 aromatic carbocycles. The Kier molecular flexibility index (Phi) is 6.19. The Bertz CT molecular complexity index is 1160. The molecule has 0 saturated heterocycles. The fourth-order valence-corrected chi connectivity index (χ4v) is 4.59. The number of fused-ring (bicyclic) bond motifs is 1. The Morgan fingerprint density at radius 3 is 2.31 bits per heavy atom. The molecule has 1 aromatic heterocycles. The summed E-state index contributed by atoms with van der Waals surface area (Å²) in [6.45, 7) is 4.45. The van der Waals surface area contributed by atoms with E-state index in [0.29, 0.717) is 36.2 Å². The summed E-state index contributed by atoms with van der Waals surface area (Å²) >= 11 is 0. The molecule has 3 N–H and O–H groups in total. The lowest BCUT2D eigenvalue weighted by molar-refractivity contribution is -0.116. The molecule has 1 heterocycles. The van der Waals surface area contributed by atoms with Gasteiger partial charge in [-0.3, -0.25) is 4.79 Å². The fourth-order valence-electron chi connectivity index (χ4n) is 3.13. The van der Waals surface area contributed by atoms with Crippen LogP contribution in [0.5, 0.6) is 0 Å². The zero-order chi connectivity index (χ0) is 21.0. The van der Waals surface area contributed by atoms with E-state index in [1.807, 2.05) is 0 Å². The smallest absolute Gasteiger partial charge is 0.323 e. The fraction of sp³-hybridized carbons (Fsp3) is 0.300. The van der Waals surface area contributed by atoms with Crippen LogP contribution in [0.25, 0.3) is 11.0 Å². The van der Waals surface area contributed by atoms with Gasteiger partial charge in [0.05, 0.1) is 15.9 Å². The van der Waals surface area contributed by atoms with E-state index < -0.39 is 10.0 Å². The molecule has 0 aliphatic carbocycles. The van der Waals surface area contributed by atoms with Crippen molar-refractivity contribution in [3.05, 3.63) is 58.5 Å². The highest BCUT2D eigenvalue weighted by Gasteiger charge is 2.21. The highest BCUT2D eigenvalue weighted by molar-refractivity contribution is 7.89. The summed E-state index contributed by atoms with van der Waals surface area (Å²) < 4.78 is 26.4. The number of aryl methyl sites for hydroxylation is 1. The van der Waals surface area contributed by atoms with Crippen molar-refractivity contribution in [1.82, 2.24) is 14.3 Å². The second-order valence-corrected chi connectivity index (χ2v) is 8.56. The molecule has 0 aliphatic heterocycles. The standard InChI is InChI=1S/C20H24N4O4S/c1-3-24(4-2)29(27,28)16-9-5-14(6-10-16)7-12-19(25)21-15-8-11-17-18(13-15)23-20(26)22-17/h5-6,8-11,13H,3-4,7,12H2,1-2H3,(H,21,25)(H2,22,23,26). The summed E-state index contributed by atoms with van der Waals surface area (Å²) in [6, 6.07) is 11.8. The minimum atomic E-state index is -3.48. The number of anilines is 1. The van der Waals surface area contributed by atoms with E-state index in [1.54, 1.807) is 56.3 Å². The van der Waals surface area contributed by atoms with Crippen molar-refractivity contribution < 1.29 is 13.2 Å². The quantitative estimate of drug-likeness (QED) is 0.523. The molecule has 29 heavy (non-hydrogen) atoms. The van der Waals surface area contributed by atoms with Crippen LogP contribution in [-0.2, 0) is 21.2 Å². The van der Waals surface area contributed by atoms with Crippen molar-refractivity contribution in [3.63, 3.8) is 0 Å². The molecule has 8 nitrogen and oxygen atoms in total. The lowest BCUT2D eigenvalue weighted by atomic mass is 10.1. The van der Waals surface area contributed by atoms with Crippen molar-refractivity contribution >= 4 is 32.7 Å². The lowest BCUT2D eigenvalue weighted by Gasteiger charge is -2.18. The van der Waals surface area contributed by atoms with Crippen LogP contribution in [0.1, 0.15) is 25.8 Å². The van der Waals surface area contributed by atoms with Gasteiger partial charge >= 0.3 is 5.69 Å². The molecule has 0 spiro atoms. The van der Waals surface area contributed by atoms with Crippen LogP contribution in [0.15, 0.2) is 52.2 Å². The largest absolute Gasteiger partial charge is 0.326 e. The molecular formula is C20H24N4O4S. The van der Waals surface area contributed by atoms with Gasteiger partial charge in [-0.25, -0.2) is 13.2 Å². The van der Waals surface area contributed by atoms with E-state index in [0.717, 1.165) is 5.56 Å². The summed E-state index contributed by atoms with van der Waals surface area (Å²) in [5.74, 6) is -0.165. The summed E-state index contributed by atoms with van der Waals surface area (Å²) in [4.78, 5) is 29.1. The summed E-state index contributed by atoms with van der Waals surface area (Å²) in [5.41, 5.74) is 2.47. The number of sulfonamides is 1. The number of imidazole rings is 1. The van der Waals surface area contributed by atoms with Gasteiger partial charge in [0.25, 0.3) is 0 Å². The molecule has 0 bridgehead atoms. The molecule has 3 aromatic rings. The summed E-state index contributed by atoms with van der Waals surface area (Å²) in [7, 11) is -3.48. The third-order valence-corrected chi connectivity index (χ3v) is 6.77. The predicted molar refractivity (Wildman–Crippen MR) is 112 cm³/mol. The first kappa shape index (κ1) is 20.8. The molecule has 0 unspecified atom stereocenters. The normalized spacial score (nSPS) is 11.8. The van der Waals surface area contributed by atoms with Gasteiger partial charge in [-0.05, 0) is 42.3 Å². The first-order chi connectivity index (χ1) is 13.8. The number of carbonyl (C=O) groups excluding carboxylic acids is 1. The van der Waals surface area contributed by atoms with E-state index in [9.17, 15) is 18.0 Å². The third-order valence-electron chi connectivity index (χ3n) is 4.71. The minimum Gasteiger partial charge on any atom is -0.326 e. The van der Waals surface area contributed by atoms with Crippen LogP contribution in [0, 0.1) is 0 Å². The van der Waals surface area contributed by atoms with Crippen molar-refractivity contribution in [2.75, 3.05) is 18.4 Å². The maximum absolute atomic E-state index is 12.5. The summed E-state index contributed by atoms with van der Waals surface area (Å²) in [6.07, 6.45) is 0.741. The van der Waals surface area contributed by atoms with E-state index in [-0.39, 0.29) is 22.9 Å². The van der Waals surface area contributed by atoms with Crippen LogP contribution in [0.4, 0.5) is 5.69 Å². The summed E-state index contributed by atoms with van der Waals surface area (Å²) in [5, 5.41) is 2.80. The first-order valence-electron chi connectivity index (χ1n) is 9.44. The van der Waals surface area contributed by atoms with E-state index in [1.165, 1.54) is 4.31 Å². The van der Waals surface area contributed by atoms with Crippen LogP contribution in [-0.4, -0.2) is 41.7 Å². The molecule has 0 fully saturated rings. The minimum absolute atomic E-state index is 0.165. The maximum atomic E-state index is 12.5. The van der Waals surface area contributed by atoms with Gasteiger partial charge in [-0.15, -0.1) is 0 Å². The number of amides is 1. The molecule has 3 rings (SSSR count). The van der Waals surface area contributed by atoms with Crippen LogP contribution >= 0.6 is 0 Å². The van der Waals surface area contributed by atoms with E-state index in [2.05, 4.69) is 15.3 Å². The van der Waals surface area contributed by atoms with Gasteiger partial charge in [0.2, 0.25) is 15.9 Å². The molecule has 9 heteroatoms. The molecule has 154 valence electrons. The highest BCUT2D eigenvalue weighted by atomic mass is 32.2. The van der Waals surface area contributed by atoms with Gasteiger partial charge in [0.15, 0.2) is 0 Å². The Morgan fingerprint density at radius 1 is 1.00 bits per heavy atom. The number of H-pyrrole nitrogens is 2. The Hall–Kier alpha value is -2.91. The van der Waals surface area contributed by atoms with Gasteiger partial charge < -0.3 is 15.3 Å².